The van der Waals surface area contributed by atoms with Crippen LogP contribution in [-0.4, -0.2) is 37.4 Å². The SMILES string of the molecule is CCOC(=O)C(C)(CCCOC(C)(C)C)NC. The molecule has 0 spiro atoms. The molecule has 4 nitrogen and oxygen atoms in total. The first-order valence-corrected chi connectivity index (χ1v) is 6.25. The lowest BCUT2D eigenvalue weighted by molar-refractivity contribution is -0.150. The molecule has 0 rings (SSSR count). The molecule has 0 amide bonds. The lowest BCUT2D eigenvalue weighted by Crippen LogP contribution is -2.48. The van der Waals surface area contributed by atoms with Gasteiger partial charge in [0, 0.05) is 6.61 Å². The zero-order valence-corrected chi connectivity index (χ0v) is 12.1. The Balaban J connectivity index is 4.08. The van der Waals surface area contributed by atoms with Crippen molar-refractivity contribution in [3.05, 3.63) is 0 Å². The molecule has 0 bridgehead atoms. The van der Waals surface area contributed by atoms with Gasteiger partial charge in [-0.3, -0.25) is 4.79 Å². The van der Waals surface area contributed by atoms with Crippen molar-refractivity contribution in [2.24, 2.45) is 0 Å². The maximum atomic E-state index is 11.8. The van der Waals surface area contributed by atoms with Crippen LogP contribution < -0.4 is 5.32 Å². The molecule has 1 atom stereocenters. The number of esters is 1. The summed E-state index contributed by atoms with van der Waals surface area (Å²) in [4.78, 5) is 11.8. The van der Waals surface area contributed by atoms with Crippen molar-refractivity contribution in [3.63, 3.8) is 0 Å². The Morgan fingerprint density at radius 1 is 1.24 bits per heavy atom. The van der Waals surface area contributed by atoms with Crippen molar-refractivity contribution >= 4 is 5.97 Å². The standard InChI is InChI=1S/C13H27NO3/c1-7-16-11(15)13(5,14-6)9-8-10-17-12(2,3)4/h14H,7-10H2,1-6H3. The van der Waals surface area contributed by atoms with Crippen molar-refractivity contribution in [3.8, 4) is 0 Å². The normalized spacial score (nSPS) is 15.4. The van der Waals surface area contributed by atoms with Crippen LogP contribution in [0, 0.1) is 0 Å². The summed E-state index contributed by atoms with van der Waals surface area (Å²) in [5.74, 6) is -0.196. The molecule has 0 radical (unpaired) electrons. The topological polar surface area (TPSA) is 47.6 Å². The quantitative estimate of drug-likeness (QED) is 0.551. The fourth-order valence-corrected chi connectivity index (χ4v) is 1.42. The van der Waals surface area contributed by atoms with Gasteiger partial charge in [-0.2, -0.15) is 0 Å². The number of hydrogen-bond donors (Lipinski definition) is 1. The van der Waals surface area contributed by atoms with Crippen molar-refractivity contribution < 1.29 is 14.3 Å². The maximum absolute atomic E-state index is 11.8. The van der Waals surface area contributed by atoms with Crippen LogP contribution >= 0.6 is 0 Å². The van der Waals surface area contributed by atoms with Crippen molar-refractivity contribution in [2.75, 3.05) is 20.3 Å². The Morgan fingerprint density at radius 2 is 1.82 bits per heavy atom. The van der Waals surface area contributed by atoms with Crippen LogP contribution in [0.25, 0.3) is 0 Å². The number of likely N-dealkylation sites (N-methyl/N-ethyl adjacent to an activating group) is 1. The Bertz CT molecular complexity index is 235. The molecule has 102 valence electrons. The molecule has 0 saturated carbocycles. The highest BCUT2D eigenvalue weighted by molar-refractivity contribution is 5.80. The lowest BCUT2D eigenvalue weighted by atomic mass is 9.96. The van der Waals surface area contributed by atoms with E-state index in [-0.39, 0.29) is 11.6 Å². The van der Waals surface area contributed by atoms with E-state index in [1.54, 1.807) is 7.05 Å². The van der Waals surface area contributed by atoms with E-state index in [0.29, 0.717) is 19.6 Å². The van der Waals surface area contributed by atoms with E-state index in [9.17, 15) is 4.79 Å². The third kappa shape index (κ3) is 6.64. The van der Waals surface area contributed by atoms with E-state index < -0.39 is 5.54 Å². The number of carbonyl (C=O) groups excluding carboxylic acids is 1. The second-order valence-corrected chi connectivity index (χ2v) is 5.37. The molecule has 0 fully saturated rings. The molecule has 0 aliphatic rings. The number of nitrogens with one attached hydrogen (secondary N) is 1. The Kier molecular flexibility index (Phi) is 6.72. The molecule has 0 aromatic heterocycles. The summed E-state index contributed by atoms with van der Waals surface area (Å²) in [6, 6.07) is 0. The molecular weight excluding hydrogens is 218 g/mol. The van der Waals surface area contributed by atoms with Gasteiger partial charge in [0.15, 0.2) is 0 Å². The van der Waals surface area contributed by atoms with Gasteiger partial charge in [0.05, 0.1) is 12.2 Å². The summed E-state index contributed by atoms with van der Waals surface area (Å²) in [7, 11) is 1.78. The zero-order valence-electron chi connectivity index (χ0n) is 12.1. The summed E-state index contributed by atoms with van der Waals surface area (Å²) in [6.07, 6.45) is 1.53. The van der Waals surface area contributed by atoms with Crippen LogP contribution in [0.4, 0.5) is 0 Å². The van der Waals surface area contributed by atoms with Gasteiger partial charge in [-0.1, -0.05) is 0 Å². The molecule has 0 aromatic rings. The van der Waals surface area contributed by atoms with Gasteiger partial charge in [-0.05, 0) is 54.5 Å². The predicted octanol–water partition coefficient (Wildman–Crippen LogP) is 2.12. The minimum atomic E-state index is -0.614. The van der Waals surface area contributed by atoms with Crippen molar-refractivity contribution in [1.82, 2.24) is 5.32 Å². The summed E-state index contributed by atoms with van der Waals surface area (Å²) in [5.41, 5.74) is -0.739. The van der Waals surface area contributed by atoms with Crippen LogP contribution in [0.15, 0.2) is 0 Å². The lowest BCUT2D eigenvalue weighted by Gasteiger charge is -2.27. The Labute approximate surface area is 105 Å². The first kappa shape index (κ1) is 16.4. The van der Waals surface area contributed by atoms with E-state index >= 15 is 0 Å². The molecule has 0 aliphatic carbocycles. The van der Waals surface area contributed by atoms with Gasteiger partial charge in [0.1, 0.15) is 5.54 Å². The van der Waals surface area contributed by atoms with Crippen LogP contribution in [0.3, 0.4) is 0 Å². The molecule has 0 heterocycles. The molecule has 1 N–H and O–H groups in total. The van der Waals surface area contributed by atoms with E-state index in [2.05, 4.69) is 5.32 Å². The predicted molar refractivity (Wildman–Crippen MR) is 69.0 cm³/mol. The Hall–Kier alpha value is -0.610. The van der Waals surface area contributed by atoms with Crippen LogP contribution in [0.2, 0.25) is 0 Å². The first-order chi connectivity index (χ1) is 7.75. The molecule has 0 saturated heterocycles. The Morgan fingerprint density at radius 3 is 2.24 bits per heavy atom. The van der Waals surface area contributed by atoms with E-state index in [1.807, 2.05) is 34.6 Å². The van der Waals surface area contributed by atoms with E-state index in [4.69, 9.17) is 9.47 Å². The molecular formula is C13H27NO3. The summed E-state index contributed by atoms with van der Waals surface area (Å²) >= 11 is 0. The number of ether oxygens (including phenoxy) is 2. The fourth-order valence-electron chi connectivity index (χ4n) is 1.42. The largest absolute Gasteiger partial charge is 0.465 e. The third-order valence-electron chi connectivity index (χ3n) is 2.63. The smallest absolute Gasteiger partial charge is 0.326 e. The minimum absolute atomic E-state index is 0.125. The fraction of sp³-hybridized carbons (Fsp3) is 0.923. The van der Waals surface area contributed by atoms with Gasteiger partial charge < -0.3 is 14.8 Å². The van der Waals surface area contributed by atoms with E-state index in [0.717, 1.165) is 6.42 Å². The molecule has 17 heavy (non-hydrogen) atoms. The highest BCUT2D eigenvalue weighted by Gasteiger charge is 2.32. The van der Waals surface area contributed by atoms with Crippen molar-refractivity contribution in [1.29, 1.82) is 0 Å². The monoisotopic (exact) mass is 245 g/mol. The van der Waals surface area contributed by atoms with Gasteiger partial charge in [-0.15, -0.1) is 0 Å². The number of hydrogen-bond acceptors (Lipinski definition) is 4. The van der Waals surface area contributed by atoms with E-state index in [1.165, 1.54) is 0 Å². The minimum Gasteiger partial charge on any atom is -0.465 e. The highest BCUT2D eigenvalue weighted by atomic mass is 16.5. The zero-order chi connectivity index (χ0) is 13.5. The van der Waals surface area contributed by atoms with Gasteiger partial charge in [0.25, 0.3) is 0 Å². The maximum Gasteiger partial charge on any atom is 0.326 e. The van der Waals surface area contributed by atoms with Gasteiger partial charge in [0.2, 0.25) is 0 Å². The molecule has 1 unspecified atom stereocenters. The highest BCUT2D eigenvalue weighted by Crippen LogP contribution is 2.16. The van der Waals surface area contributed by atoms with Gasteiger partial charge in [-0.25, -0.2) is 0 Å². The third-order valence-corrected chi connectivity index (χ3v) is 2.63. The van der Waals surface area contributed by atoms with Crippen LogP contribution in [0.5, 0.6) is 0 Å². The van der Waals surface area contributed by atoms with Gasteiger partial charge >= 0.3 is 5.97 Å². The molecule has 0 aromatic carbocycles. The summed E-state index contributed by atoms with van der Waals surface area (Å²) < 4.78 is 10.7. The average Bonchev–Trinajstić information content (AvgIpc) is 2.23. The van der Waals surface area contributed by atoms with Crippen LogP contribution in [0.1, 0.15) is 47.5 Å². The van der Waals surface area contributed by atoms with Crippen LogP contribution in [-0.2, 0) is 14.3 Å². The summed E-state index contributed by atoms with van der Waals surface area (Å²) in [6.45, 7) is 10.8. The molecule has 0 aliphatic heterocycles. The first-order valence-electron chi connectivity index (χ1n) is 6.25. The van der Waals surface area contributed by atoms with Crippen molar-refractivity contribution in [2.45, 2.75) is 58.6 Å². The number of rotatable bonds is 7. The average molecular weight is 245 g/mol. The second kappa shape index (κ2) is 6.97. The second-order valence-electron chi connectivity index (χ2n) is 5.37. The summed E-state index contributed by atoms with van der Waals surface area (Å²) in [5, 5.41) is 3.03. The molecule has 4 heteroatoms. The number of carbonyl (C=O) groups is 1.